The Labute approximate surface area is 82.6 Å². The number of rotatable bonds is 3. The number of carbonyl (C=O) groups is 1. The number of nitrogens with zero attached hydrogens (tertiary/aromatic N) is 2. The molecule has 0 aromatic carbocycles. The number of alkyl halides is 2. The molecule has 1 heterocycles. The van der Waals surface area contributed by atoms with Crippen molar-refractivity contribution in [1.82, 2.24) is 9.97 Å². The molecule has 0 bridgehead atoms. The van der Waals surface area contributed by atoms with Crippen molar-refractivity contribution in [1.29, 1.82) is 0 Å². The van der Waals surface area contributed by atoms with Gasteiger partial charge in [0.25, 0.3) is 0 Å². The van der Waals surface area contributed by atoms with E-state index in [9.17, 15) is 13.6 Å². The Balaban J connectivity index is 2.83. The lowest BCUT2D eigenvalue weighted by Crippen LogP contribution is -2.31. The minimum atomic E-state index is -3.85. The van der Waals surface area contributed by atoms with Gasteiger partial charge in [0.2, 0.25) is 0 Å². The molecule has 0 aliphatic carbocycles. The van der Waals surface area contributed by atoms with Crippen LogP contribution < -0.4 is 0 Å². The number of hydrogen-bond donors (Lipinski definition) is 1. The molecule has 4 nitrogen and oxygen atoms in total. The highest BCUT2D eigenvalue weighted by Gasteiger charge is 2.39. The summed E-state index contributed by atoms with van der Waals surface area (Å²) in [7, 11) is 0. The van der Waals surface area contributed by atoms with Crippen LogP contribution in [0, 0.1) is 0 Å². The summed E-state index contributed by atoms with van der Waals surface area (Å²) in [6, 6.07) is 0. The zero-order valence-corrected chi connectivity index (χ0v) is 7.50. The average molecular weight is 223 g/mol. The smallest absolute Gasteiger partial charge is 0.374 e. The third kappa shape index (κ3) is 2.59. The second kappa shape index (κ2) is 3.83. The molecule has 76 valence electrons. The third-order valence-electron chi connectivity index (χ3n) is 1.37. The van der Waals surface area contributed by atoms with Gasteiger partial charge in [-0.15, -0.1) is 0 Å². The first-order valence-corrected chi connectivity index (χ1v) is 3.87. The van der Waals surface area contributed by atoms with Gasteiger partial charge in [-0.05, 0) is 0 Å². The van der Waals surface area contributed by atoms with Crippen LogP contribution >= 0.6 is 11.6 Å². The Kier molecular flexibility index (Phi) is 2.95. The maximum atomic E-state index is 12.7. The van der Waals surface area contributed by atoms with Crippen LogP contribution in [0.2, 0.25) is 5.15 Å². The number of halogens is 3. The van der Waals surface area contributed by atoms with Gasteiger partial charge in [0.1, 0.15) is 5.15 Å². The number of aromatic nitrogens is 2. The van der Waals surface area contributed by atoms with Gasteiger partial charge in [0.05, 0.1) is 18.3 Å². The summed E-state index contributed by atoms with van der Waals surface area (Å²) in [6.45, 7) is 0. The number of carboxylic acids is 1. The fourth-order valence-electron chi connectivity index (χ4n) is 0.768. The SMILES string of the molecule is O=C(O)C(F)(F)Cc1cncc(Cl)n1. The second-order valence-corrected chi connectivity index (χ2v) is 2.91. The topological polar surface area (TPSA) is 63.1 Å². The summed E-state index contributed by atoms with van der Waals surface area (Å²) in [6.07, 6.45) is 1.20. The summed E-state index contributed by atoms with van der Waals surface area (Å²) < 4.78 is 25.3. The lowest BCUT2D eigenvalue weighted by Gasteiger charge is -2.09. The van der Waals surface area contributed by atoms with E-state index in [2.05, 4.69) is 9.97 Å². The van der Waals surface area contributed by atoms with Crippen LogP contribution in [0.25, 0.3) is 0 Å². The van der Waals surface area contributed by atoms with Crippen LogP contribution in [0.4, 0.5) is 8.78 Å². The summed E-state index contributed by atoms with van der Waals surface area (Å²) in [5.41, 5.74) is -0.162. The molecular weight excluding hydrogens is 218 g/mol. The molecule has 0 aliphatic rings. The Morgan fingerprint density at radius 3 is 2.71 bits per heavy atom. The van der Waals surface area contributed by atoms with Gasteiger partial charge in [0, 0.05) is 6.20 Å². The molecule has 0 saturated carbocycles. The van der Waals surface area contributed by atoms with E-state index in [4.69, 9.17) is 16.7 Å². The quantitative estimate of drug-likeness (QED) is 0.840. The van der Waals surface area contributed by atoms with Crippen molar-refractivity contribution >= 4 is 17.6 Å². The molecule has 7 heteroatoms. The van der Waals surface area contributed by atoms with Crippen LogP contribution in [0.1, 0.15) is 5.69 Å². The van der Waals surface area contributed by atoms with Crippen molar-refractivity contribution in [3.8, 4) is 0 Å². The molecular formula is C7H5ClF2N2O2. The van der Waals surface area contributed by atoms with Crippen LogP contribution in [0.15, 0.2) is 12.4 Å². The predicted molar refractivity (Wildman–Crippen MR) is 43.3 cm³/mol. The minimum Gasteiger partial charge on any atom is -0.477 e. The van der Waals surface area contributed by atoms with Crippen molar-refractivity contribution in [2.24, 2.45) is 0 Å². The van der Waals surface area contributed by atoms with Crippen LogP contribution in [-0.2, 0) is 11.2 Å². The second-order valence-electron chi connectivity index (χ2n) is 2.52. The Bertz CT molecular complexity index is 359. The molecule has 0 unspecified atom stereocenters. The third-order valence-corrected chi connectivity index (χ3v) is 1.55. The summed E-state index contributed by atoms with van der Waals surface area (Å²) in [5.74, 6) is -6.04. The molecule has 1 N–H and O–H groups in total. The van der Waals surface area contributed by atoms with E-state index in [-0.39, 0.29) is 10.8 Å². The fourth-order valence-corrected chi connectivity index (χ4v) is 0.933. The lowest BCUT2D eigenvalue weighted by molar-refractivity contribution is -0.164. The van der Waals surface area contributed by atoms with E-state index in [0.29, 0.717) is 0 Å². The monoisotopic (exact) mass is 222 g/mol. The molecule has 0 atom stereocenters. The first-order valence-electron chi connectivity index (χ1n) is 3.49. The Morgan fingerprint density at radius 1 is 1.57 bits per heavy atom. The van der Waals surface area contributed by atoms with Crippen molar-refractivity contribution in [2.45, 2.75) is 12.3 Å². The minimum absolute atomic E-state index is 0.0521. The maximum Gasteiger partial charge on any atom is 0.374 e. The van der Waals surface area contributed by atoms with Crippen LogP contribution in [0.3, 0.4) is 0 Å². The zero-order valence-electron chi connectivity index (χ0n) is 6.75. The Morgan fingerprint density at radius 2 is 2.21 bits per heavy atom. The maximum absolute atomic E-state index is 12.7. The highest BCUT2D eigenvalue weighted by atomic mass is 35.5. The van der Waals surface area contributed by atoms with Gasteiger partial charge >= 0.3 is 11.9 Å². The van der Waals surface area contributed by atoms with E-state index in [1.807, 2.05) is 0 Å². The molecule has 0 aliphatic heterocycles. The van der Waals surface area contributed by atoms with Crippen molar-refractivity contribution in [3.05, 3.63) is 23.2 Å². The van der Waals surface area contributed by atoms with Gasteiger partial charge in [-0.1, -0.05) is 11.6 Å². The number of hydrogen-bond acceptors (Lipinski definition) is 3. The van der Waals surface area contributed by atoms with Crippen molar-refractivity contribution < 1.29 is 18.7 Å². The fraction of sp³-hybridized carbons (Fsp3) is 0.286. The lowest BCUT2D eigenvalue weighted by atomic mass is 10.2. The van der Waals surface area contributed by atoms with E-state index < -0.39 is 18.3 Å². The first kappa shape index (κ1) is 10.8. The first-order chi connectivity index (χ1) is 6.42. The molecule has 0 fully saturated rings. The van der Waals surface area contributed by atoms with E-state index >= 15 is 0 Å². The molecule has 0 spiro atoms. The van der Waals surface area contributed by atoms with Gasteiger partial charge in [-0.3, -0.25) is 4.98 Å². The van der Waals surface area contributed by atoms with Gasteiger partial charge in [-0.2, -0.15) is 8.78 Å². The van der Waals surface area contributed by atoms with Crippen LogP contribution in [-0.4, -0.2) is 27.0 Å². The largest absolute Gasteiger partial charge is 0.477 e. The molecule has 1 aromatic heterocycles. The highest BCUT2D eigenvalue weighted by Crippen LogP contribution is 2.19. The molecule has 1 rings (SSSR count). The molecule has 0 radical (unpaired) electrons. The molecule has 0 amide bonds. The summed E-state index contributed by atoms with van der Waals surface area (Å²) >= 11 is 5.39. The molecule has 14 heavy (non-hydrogen) atoms. The van der Waals surface area contributed by atoms with Gasteiger partial charge in [-0.25, -0.2) is 9.78 Å². The molecule has 0 saturated heterocycles. The van der Waals surface area contributed by atoms with E-state index in [1.54, 1.807) is 0 Å². The summed E-state index contributed by atoms with van der Waals surface area (Å²) in [4.78, 5) is 17.1. The van der Waals surface area contributed by atoms with Crippen LogP contribution in [0.5, 0.6) is 0 Å². The van der Waals surface area contributed by atoms with Crippen molar-refractivity contribution in [2.75, 3.05) is 0 Å². The highest BCUT2D eigenvalue weighted by molar-refractivity contribution is 6.29. The number of carboxylic acid groups (broad SMARTS) is 1. The molecule has 1 aromatic rings. The Hall–Kier alpha value is -1.30. The predicted octanol–water partition coefficient (Wildman–Crippen LogP) is 1.39. The van der Waals surface area contributed by atoms with Gasteiger partial charge < -0.3 is 5.11 Å². The van der Waals surface area contributed by atoms with E-state index in [0.717, 1.165) is 6.20 Å². The zero-order chi connectivity index (χ0) is 10.8. The van der Waals surface area contributed by atoms with Crippen molar-refractivity contribution in [3.63, 3.8) is 0 Å². The standard InChI is InChI=1S/C7H5ClF2N2O2/c8-5-3-11-2-4(12-5)1-7(9,10)6(13)14/h2-3H,1H2,(H,13,14). The normalized spacial score (nSPS) is 11.4. The van der Waals surface area contributed by atoms with Gasteiger partial charge in [0.15, 0.2) is 0 Å². The average Bonchev–Trinajstić information content (AvgIpc) is 2.02. The number of aliphatic carboxylic acids is 1. The van der Waals surface area contributed by atoms with E-state index in [1.165, 1.54) is 6.20 Å². The summed E-state index contributed by atoms with van der Waals surface area (Å²) in [5, 5.41) is 8.09.